The zero-order valence-corrected chi connectivity index (χ0v) is 16.4. The molecule has 1 aliphatic carbocycles. The van der Waals surface area contributed by atoms with Crippen LogP contribution in [0.2, 0.25) is 0 Å². The Kier molecular flexibility index (Phi) is 4.29. The number of nitrogens with two attached hydrogens (primary N) is 1. The van der Waals surface area contributed by atoms with E-state index in [9.17, 15) is 5.26 Å². The van der Waals surface area contributed by atoms with E-state index >= 15 is 0 Å². The molecule has 7 heteroatoms. The molecule has 7 nitrogen and oxygen atoms in total. The van der Waals surface area contributed by atoms with Gasteiger partial charge in [-0.15, -0.1) is 0 Å². The van der Waals surface area contributed by atoms with E-state index in [-0.39, 0.29) is 17.8 Å². The maximum atomic E-state index is 9.86. The molecule has 29 heavy (non-hydrogen) atoms. The minimum atomic E-state index is -0.213. The highest BCUT2D eigenvalue weighted by Gasteiger charge is 2.43. The first-order valence-corrected chi connectivity index (χ1v) is 10.1. The number of aryl methyl sites for hydroxylation is 1. The lowest BCUT2D eigenvalue weighted by Gasteiger charge is -2.29. The topological polar surface area (TPSA) is 101 Å². The molecule has 1 saturated carbocycles. The van der Waals surface area contributed by atoms with Gasteiger partial charge in [0.1, 0.15) is 17.5 Å². The molecule has 4 N–H and O–H groups in total. The number of nitrogens with zero attached hydrogens (tertiary/aromatic N) is 3. The zero-order chi connectivity index (χ0) is 20.0. The molecule has 0 saturated heterocycles. The molecule has 0 spiro atoms. The first-order chi connectivity index (χ1) is 14.2. The van der Waals surface area contributed by atoms with Crippen molar-refractivity contribution in [1.82, 2.24) is 20.4 Å². The van der Waals surface area contributed by atoms with Crippen molar-refractivity contribution in [3.05, 3.63) is 71.0 Å². The maximum absolute atomic E-state index is 9.86. The molecule has 1 aromatic heterocycles. The fourth-order valence-electron chi connectivity index (χ4n) is 4.90. The molecular weight excluding hydrogens is 364 g/mol. The molecule has 3 aliphatic rings. The van der Waals surface area contributed by atoms with Gasteiger partial charge in [-0.3, -0.25) is 5.43 Å². The lowest BCUT2D eigenvalue weighted by atomic mass is 9.77. The van der Waals surface area contributed by atoms with Crippen LogP contribution in [0.1, 0.15) is 43.0 Å². The molecule has 2 aliphatic heterocycles. The Hall–Kier alpha value is -3.24. The van der Waals surface area contributed by atoms with Gasteiger partial charge in [0, 0.05) is 23.7 Å². The van der Waals surface area contributed by atoms with E-state index in [1.165, 1.54) is 25.7 Å². The van der Waals surface area contributed by atoms with Crippen molar-refractivity contribution in [3.8, 4) is 11.8 Å². The molecular formula is C22H24N6O. The number of hydrogen-bond donors (Lipinski definition) is 3. The molecule has 5 rings (SSSR count). The van der Waals surface area contributed by atoms with Crippen LogP contribution >= 0.6 is 0 Å². The van der Waals surface area contributed by atoms with Crippen LogP contribution in [-0.2, 0) is 4.74 Å². The Balaban J connectivity index is 1.55. The second-order valence-electron chi connectivity index (χ2n) is 7.94. The average Bonchev–Trinajstić information content (AvgIpc) is 3.47. The van der Waals surface area contributed by atoms with Crippen molar-refractivity contribution in [3.63, 3.8) is 0 Å². The highest BCUT2D eigenvalue weighted by molar-refractivity contribution is 5.52. The Morgan fingerprint density at radius 3 is 2.66 bits per heavy atom. The third-order valence-electron chi connectivity index (χ3n) is 6.34. The number of benzene rings is 1. The summed E-state index contributed by atoms with van der Waals surface area (Å²) in [6.45, 7) is 1.97. The number of hydrazine groups is 1. The van der Waals surface area contributed by atoms with Gasteiger partial charge in [-0.05, 0) is 43.4 Å². The van der Waals surface area contributed by atoms with Gasteiger partial charge in [-0.25, -0.2) is 10.4 Å². The number of hydrogen-bond acceptors (Lipinski definition) is 6. The highest BCUT2D eigenvalue weighted by atomic mass is 16.5. The van der Waals surface area contributed by atoms with Crippen molar-refractivity contribution in [1.29, 1.82) is 5.26 Å². The smallest absolute Gasteiger partial charge is 0.211 e. The first-order valence-electron chi connectivity index (χ1n) is 10.1. The number of rotatable bonds is 3. The van der Waals surface area contributed by atoms with E-state index in [1.54, 1.807) is 6.20 Å². The van der Waals surface area contributed by atoms with Gasteiger partial charge in [-0.1, -0.05) is 25.0 Å². The van der Waals surface area contributed by atoms with Gasteiger partial charge < -0.3 is 15.0 Å². The summed E-state index contributed by atoms with van der Waals surface area (Å²) in [5, 5.41) is 9.86. The molecule has 0 radical (unpaired) electrons. The zero-order valence-electron chi connectivity index (χ0n) is 16.4. The monoisotopic (exact) mass is 388 g/mol. The van der Waals surface area contributed by atoms with Gasteiger partial charge in [0.15, 0.2) is 0 Å². The van der Waals surface area contributed by atoms with Gasteiger partial charge in [0.05, 0.1) is 12.0 Å². The third kappa shape index (κ3) is 2.88. The van der Waals surface area contributed by atoms with E-state index in [4.69, 9.17) is 10.5 Å². The molecule has 148 valence electrons. The van der Waals surface area contributed by atoms with Gasteiger partial charge in [0.25, 0.3) is 0 Å². The summed E-state index contributed by atoms with van der Waals surface area (Å²) in [4.78, 5) is 4.29. The molecule has 1 aromatic carbocycles. The maximum Gasteiger partial charge on any atom is 0.211 e. The second-order valence-corrected chi connectivity index (χ2v) is 7.94. The van der Waals surface area contributed by atoms with Crippen LogP contribution in [0, 0.1) is 24.2 Å². The van der Waals surface area contributed by atoms with E-state index in [1.807, 2.05) is 17.7 Å². The number of nitrogens with one attached hydrogen (secondary N) is 2. The number of aromatic nitrogens is 2. The minimum absolute atomic E-state index is 0.143. The van der Waals surface area contributed by atoms with Gasteiger partial charge in [0.2, 0.25) is 11.8 Å². The van der Waals surface area contributed by atoms with Crippen molar-refractivity contribution >= 4 is 0 Å². The number of allylic oxidation sites excluding steroid dienone is 1. The molecule has 2 unspecified atom stereocenters. The summed E-state index contributed by atoms with van der Waals surface area (Å²) in [5.41, 5.74) is 16.3. The molecule has 2 aromatic rings. The van der Waals surface area contributed by atoms with Crippen LogP contribution in [0.25, 0.3) is 5.69 Å². The number of nitriles is 1. The molecule has 0 amide bonds. The van der Waals surface area contributed by atoms with Crippen LogP contribution < -0.4 is 16.6 Å². The third-order valence-corrected chi connectivity index (χ3v) is 6.34. The highest BCUT2D eigenvalue weighted by Crippen LogP contribution is 2.45. The fraction of sp³-hybridized carbons (Fsp3) is 0.364. The lowest BCUT2D eigenvalue weighted by molar-refractivity contribution is 0.255. The standard InChI is InChI=1S/C22H24N6O/c1-13-25-10-11-28(13)16-8-6-14(7-9-16)18-17(12-23)21(24)29-22-19(18)20(26-27-22)15-4-2-3-5-15/h6-11,15,18,20,26-27H,2-5,24H2,1H3. The van der Waals surface area contributed by atoms with E-state index in [2.05, 4.69) is 46.2 Å². The normalized spacial score (nSPS) is 24.3. The van der Waals surface area contributed by atoms with Crippen molar-refractivity contribution in [2.24, 2.45) is 11.7 Å². The van der Waals surface area contributed by atoms with Gasteiger partial charge >= 0.3 is 0 Å². The van der Waals surface area contributed by atoms with Crippen LogP contribution in [-0.4, -0.2) is 15.6 Å². The summed E-state index contributed by atoms with van der Waals surface area (Å²) in [7, 11) is 0. The summed E-state index contributed by atoms with van der Waals surface area (Å²) in [5.74, 6) is 2.08. The Morgan fingerprint density at radius 1 is 1.24 bits per heavy atom. The summed E-state index contributed by atoms with van der Waals surface area (Å²) < 4.78 is 7.82. The molecule has 1 fully saturated rings. The Labute approximate surface area is 169 Å². The summed E-state index contributed by atoms with van der Waals surface area (Å²) >= 11 is 0. The van der Waals surface area contributed by atoms with Crippen LogP contribution in [0.15, 0.2) is 59.6 Å². The molecule has 2 atom stereocenters. The molecule has 3 heterocycles. The predicted octanol–water partition coefficient (Wildman–Crippen LogP) is 2.87. The first kappa shape index (κ1) is 17.8. The predicted molar refractivity (Wildman–Crippen MR) is 108 cm³/mol. The van der Waals surface area contributed by atoms with Crippen LogP contribution in [0.5, 0.6) is 0 Å². The second kappa shape index (κ2) is 6.98. The summed E-state index contributed by atoms with van der Waals surface area (Å²) in [6, 6.07) is 10.7. The minimum Gasteiger partial charge on any atom is -0.423 e. The average molecular weight is 388 g/mol. The van der Waals surface area contributed by atoms with Crippen molar-refractivity contribution in [2.75, 3.05) is 0 Å². The molecule has 0 bridgehead atoms. The SMILES string of the molecule is Cc1nccn1-c1ccc(C2C(C#N)=C(N)OC3=C2C(C2CCCC2)NN3)cc1. The van der Waals surface area contributed by atoms with Crippen LogP contribution in [0.4, 0.5) is 0 Å². The van der Waals surface area contributed by atoms with E-state index < -0.39 is 0 Å². The van der Waals surface area contributed by atoms with Crippen molar-refractivity contribution < 1.29 is 4.74 Å². The van der Waals surface area contributed by atoms with E-state index in [0.29, 0.717) is 17.4 Å². The number of ether oxygens (including phenoxy) is 1. The number of imidazole rings is 1. The fourth-order valence-corrected chi connectivity index (χ4v) is 4.90. The van der Waals surface area contributed by atoms with Crippen LogP contribution in [0.3, 0.4) is 0 Å². The summed E-state index contributed by atoms with van der Waals surface area (Å²) in [6.07, 6.45) is 8.60. The quantitative estimate of drug-likeness (QED) is 0.747. The van der Waals surface area contributed by atoms with Crippen molar-refractivity contribution in [2.45, 2.75) is 44.6 Å². The Morgan fingerprint density at radius 2 is 2.00 bits per heavy atom. The van der Waals surface area contributed by atoms with Gasteiger partial charge in [-0.2, -0.15) is 5.26 Å². The largest absolute Gasteiger partial charge is 0.423 e. The lowest BCUT2D eigenvalue weighted by Crippen LogP contribution is -2.38. The van der Waals surface area contributed by atoms with E-state index in [0.717, 1.165) is 22.6 Å². The Bertz CT molecular complexity index is 1040.